The lowest BCUT2D eigenvalue weighted by Gasteiger charge is -2.22. The molecular formula is C13H23N3O2S. The smallest absolute Gasteiger partial charge is 0.407 e. The second kappa shape index (κ2) is 6.86. The minimum absolute atomic E-state index is 0.00483. The molecule has 0 aliphatic rings. The molecule has 0 radical (unpaired) electrons. The molecule has 0 aliphatic carbocycles. The zero-order chi connectivity index (χ0) is 14.5. The van der Waals surface area contributed by atoms with Gasteiger partial charge in [0.1, 0.15) is 5.60 Å². The summed E-state index contributed by atoms with van der Waals surface area (Å²) in [7, 11) is 0. The third-order valence-corrected chi connectivity index (χ3v) is 3.33. The van der Waals surface area contributed by atoms with Crippen LogP contribution in [0.4, 0.5) is 4.79 Å². The highest BCUT2D eigenvalue weighted by Gasteiger charge is 2.18. The molecule has 1 aromatic heterocycles. The highest BCUT2D eigenvalue weighted by Crippen LogP contribution is 2.15. The van der Waals surface area contributed by atoms with Crippen molar-refractivity contribution in [3.8, 4) is 0 Å². The van der Waals surface area contributed by atoms with Gasteiger partial charge < -0.3 is 15.4 Å². The zero-order valence-corrected chi connectivity index (χ0v) is 13.0. The van der Waals surface area contributed by atoms with E-state index in [1.54, 1.807) is 11.3 Å². The van der Waals surface area contributed by atoms with Crippen molar-refractivity contribution in [3.05, 3.63) is 16.6 Å². The normalized spacial score (nSPS) is 14.8. The first kappa shape index (κ1) is 15.9. The van der Waals surface area contributed by atoms with E-state index >= 15 is 0 Å². The Labute approximate surface area is 118 Å². The van der Waals surface area contributed by atoms with Crippen molar-refractivity contribution < 1.29 is 9.53 Å². The van der Waals surface area contributed by atoms with Crippen LogP contribution in [0.2, 0.25) is 0 Å². The molecule has 19 heavy (non-hydrogen) atoms. The minimum atomic E-state index is -0.465. The molecule has 0 aliphatic heterocycles. The van der Waals surface area contributed by atoms with E-state index in [4.69, 9.17) is 4.74 Å². The number of thiazole rings is 1. The molecule has 1 amide bonds. The summed E-state index contributed by atoms with van der Waals surface area (Å²) in [6.07, 6.45) is 1.47. The Morgan fingerprint density at radius 1 is 1.47 bits per heavy atom. The van der Waals surface area contributed by atoms with E-state index in [-0.39, 0.29) is 18.2 Å². The van der Waals surface area contributed by atoms with E-state index in [0.29, 0.717) is 6.54 Å². The monoisotopic (exact) mass is 285 g/mol. The summed E-state index contributed by atoms with van der Waals surface area (Å²) in [4.78, 5) is 16.8. The van der Waals surface area contributed by atoms with Gasteiger partial charge in [-0.15, -0.1) is 11.3 Å². The van der Waals surface area contributed by atoms with Crippen molar-refractivity contribution in [1.29, 1.82) is 0 Å². The number of ether oxygens (including phenoxy) is 1. The molecule has 2 unspecified atom stereocenters. The largest absolute Gasteiger partial charge is 0.444 e. The van der Waals surface area contributed by atoms with Crippen molar-refractivity contribution in [2.75, 3.05) is 6.54 Å². The number of aromatic nitrogens is 1. The van der Waals surface area contributed by atoms with Gasteiger partial charge in [-0.2, -0.15) is 0 Å². The van der Waals surface area contributed by atoms with Gasteiger partial charge in [-0.25, -0.2) is 4.79 Å². The number of nitrogens with zero attached hydrogens (tertiary/aromatic N) is 1. The van der Waals surface area contributed by atoms with Gasteiger partial charge in [0.25, 0.3) is 0 Å². The second-order valence-corrected chi connectivity index (χ2v) is 6.50. The molecule has 1 heterocycles. The van der Waals surface area contributed by atoms with Crippen molar-refractivity contribution >= 4 is 17.4 Å². The van der Waals surface area contributed by atoms with Crippen LogP contribution >= 0.6 is 11.3 Å². The van der Waals surface area contributed by atoms with Gasteiger partial charge in [0.2, 0.25) is 0 Å². The summed E-state index contributed by atoms with van der Waals surface area (Å²) in [5.74, 6) is 0. The van der Waals surface area contributed by atoms with Gasteiger partial charge in [-0.1, -0.05) is 0 Å². The van der Waals surface area contributed by atoms with E-state index < -0.39 is 5.60 Å². The van der Waals surface area contributed by atoms with Gasteiger partial charge in [0, 0.05) is 29.7 Å². The molecule has 2 N–H and O–H groups in total. The van der Waals surface area contributed by atoms with Gasteiger partial charge >= 0.3 is 6.09 Å². The number of alkyl carbamates (subject to hydrolysis) is 1. The van der Waals surface area contributed by atoms with Crippen LogP contribution in [0.3, 0.4) is 0 Å². The summed E-state index contributed by atoms with van der Waals surface area (Å²) in [5.41, 5.74) is 1.35. The first-order valence-electron chi connectivity index (χ1n) is 6.39. The SMILES string of the molecule is CC(CNC(C)c1cncs1)NC(=O)OC(C)(C)C. The molecule has 0 fully saturated rings. The molecule has 108 valence electrons. The fourth-order valence-corrected chi connectivity index (χ4v) is 2.11. The third-order valence-electron chi connectivity index (χ3n) is 2.37. The summed E-state index contributed by atoms with van der Waals surface area (Å²) in [6.45, 7) is 10.2. The van der Waals surface area contributed by atoms with Crippen LogP contribution in [0.1, 0.15) is 45.5 Å². The van der Waals surface area contributed by atoms with Gasteiger partial charge in [0.05, 0.1) is 5.51 Å². The van der Waals surface area contributed by atoms with Crippen LogP contribution in [0.25, 0.3) is 0 Å². The summed E-state index contributed by atoms with van der Waals surface area (Å²) < 4.78 is 5.20. The number of carbonyl (C=O) groups excluding carboxylic acids is 1. The molecule has 0 aromatic carbocycles. The molecule has 2 atom stereocenters. The molecule has 0 saturated carbocycles. The number of carbonyl (C=O) groups is 1. The van der Waals surface area contributed by atoms with E-state index in [1.165, 1.54) is 4.88 Å². The Morgan fingerprint density at radius 2 is 2.16 bits per heavy atom. The number of hydrogen-bond acceptors (Lipinski definition) is 5. The maximum atomic E-state index is 11.6. The molecule has 1 rings (SSSR count). The highest BCUT2D eigenvalue weighted by molar-refractivity contribution is 7.09. The Balaban J connectivity index is 2.28. The Morgan fingerprint density at radius 3 is 2.68 bits per heavy atom. The van der Waals surface area contributed by atoms with Crippen LogP contribution in [0.15, 0.2) is 11.7 Å². The number of nitrogens with one attached hydrogen (secondary N) is 2. The summed E-state index contributed by atoms with van der Waals surface area (Å²) in [6, 6.07) is 0.237. The molecular weight excluding hydrogens is 262 g/mol. The van der Waals surface area contributed by atoms with Crippen molar-refractivity contribution in [1.82, 2.24) is 15.6 Å². The van der Waals surface area contributed by atoms with E-state index in [1.807, 2.05) is 39.4 Å². The van der Waals surface area contributed by atoms with Gasteiger partial charge in [-0.05, 0) is 34.6 Å². The lowest BCUT2D eigenvalue weighted by atomic mass is 10.2. The van der Waals surface area contributed by atoms with Crippen LogP contribution < -0.4 is 10.6 Å². The Kier molecular flexibility index (Phi) is 5.75. The van der Waals surface area contributed by atoms with Gasteiger partial charge in [-0.3, -0.25) is 4.98 Å². The molecule has 0 bridgehead atoms. The Bertz CT molecular complexity index is 387. The molecule has 6 heteroatoms. The average Bonchev–Trinajstić information content (AvgIpc) is 2.76. The number of rotatable bonds is 5. The van der Waals surface area contributed by atoms with Crippen molar-refractivity contribution in [2.45, 2.75) is 52.3 Å². The van der Waals surface area contributed by atoms with Crippen molar-refractivity contribution in [2.24, 2.45) is 0 Å². The van der Waals surface area contributed by atoms with Crippen LogP contribution in [0.5, 0.6) is 0 Å². The topological polar surface area (TPSA) is 63.2 Å². The van der Waals surface area contributed by atoms with Crippen molar-refractivity contribution in [3.63, 3.8) is 0 Å². The quantitative estimate of drug-likeness (QED) is 0.873. The predicted molar refractivity (Wildman–Crippen MR) is 77.4 cm³/mol. The zero-order valence-electron chi connectivity index (χ0n) is 12.2. The van der Waals surface area contributed by atoms with E-state index in [0.717, 1.165) is 0 Å². The fourth-order valence-electron chi connectivity index (χ4n) is 1.45. The third kappa shape index (κ3) is 6.54. The van der Waals surface area contributed by atoms with E-state index in [2.05, 4.69) is 22.5 Å². The minimum Gasteiger partial charge on any atom is -0.444 e. The molecule has 5 nitrogen and oxygen atoms in total. The fraction of sp³-hybridized carbons (Fsp3) is 0.692. The molecule has 1 aromatic rings. The number of hydrogen-bond donors (Lipinski definition) is 2. The van der Waals surface area contributed by atoms with Crippen LogP contribution in [-0.4, -0.2) is 29.3 Å². The average molecular weight is 285 g/mol. The molecule has 0 saturated heterocycles. The van der Waals surface area contributed by atoms with Gasteiger partial charge in [0.15, 0.2) is 0 Å². The first-order chi connectivity index (χ1) is 8.78. The molecule has 0 spiro atoms. The maximum Gasteiger partial charge on any atom is 0.407 e. The predicted octanol–water partition coefficient (Wildman–Crippen LogP) is 2.71. The highest BCUT2D eigenvalue weighted by atomic mass is 32.1. The van der Waals surface area contributed by atoms with Crippen LogP contribution in [0, 0.1) is 0 Å². The summed E-state index contributed by atoms with van der Waals surface area (Å²) >= 11 is 1.62. The van der Waals surface area contributed by atoms with Crippen LogP contribution in [-0.2, 0) is 4.74 Å². The Hall–Kier alpha value is -1.14. The number of amides is 1. The standard InChI is InChI=1S/C13H23N3O2S/c1-9(16-12(17)18-13(3,4)5)6-15-10(2)11-7-14-8-19-11/h7-10,15H,6H2,1-5H3,(H,16,17). The first-order valence-corrected chi connectivity index (χ1v) is 7.27. The summed E-state index contributed by atoms with van der Waals surface area (Å²) in [5, 5.41) is 6.15. The lowest BCUT2D eigenvalue weighted by Crippen LogP contribution is -2.43. The van der Waals surface area contributed by atoms with E-state index in [9.17, 15) is 4.79 Å². The second-order valence-electron chi connectivity index (χ2n) is 5.58. The maximum absolute atomic E-state index is 11.6. The lowest BCUT2D eigenvalue weighted by molar-refractivity contribution is 0.0508.